The highest BCUT2D eigenvalue weighted by atomic mass is 19.4. The van der Waals surface area contributed by atoms with Crippen LogP contribution in [0.5, 0.6) is 0 Å². The molecule has 3 rings (SSSR count). The van der Waals surface area contributed by atoms with Gasteiger partial charge in [0.25, 0.3) is 5.91 Å². The van der Waals surface area contributed by atoms with Crippen LogP contribution >= 0.6 is 0 Å². The Morgan fingerprint density at radius 2 is 1.92 bits per heavy atom. The van der Waals surface area contributed by atoms with E-state index in [-0.39, 0.29) is 6.04 Å². The number of alkyl halides is 3. The van der Waals surface area contributed by atoms with Crippen LogP contribution in [0.4, 0.5) is 17.6 Å². The maximum Gasteiger partial charge on any atom is 0.417 e. The molecule has 0 spiro atoms. The molecule has 0 saturated carbocycles. The number of halogens is 4. The van der Waals surface area contributed by atoms with E-state index in [1.165, 1.54) is 4.90 Å². The molecular formula is C15H14F4N4O. The van der Waals surface area contributed by atoms with E-state index in [9.17, 15) is 22.4 Å². The van der Waals surface area contributed by atoms with Gasteiger partial charge < -0.3 is 4.90 Å². The number of amides is 1. The molecule has 0 radical (unpaired) electrons. The molecule has 2 heterocycles. The lowest BCUT2D eigenvalue weighted by Gasteiger charge is -2.32. The number of benzene rings is 1. The van der Waals surface area contributed by atoms with Crippen molar-refractivity contribution in [1.82, 2.24) is 19.9 Å². The van der Waals surface area contributed by atoms with Gasteiger partial charge in [0.2, 0.25) is 0 Å². The Kier molecular flexibility index (Phi) is 4.25. The lowest BCUT2D eigenvalue weighted by atomic mass is 10.0. The zero-order valence-corrected chi connectivity index (χ0v) is 12.5. The molecule has 128 valence electrons. The van der Waals surface area contributed by atoms with Crippen molar-refractivity contribution < 1.29 is 22.4 Å². The molecule has 2 aromatic rings. The van der Waals surface area contributed by atoms with Gasteiger partial charge in [-0.2, -0.15) is 13.2 Å². The van der Waals surface area contributed by atoms with Gasteiger partial charge in [0.15, 0.2) is 0 Å². The Labute approximate surface area is 134 Å². The minimum Gasteiger partial charge on any atom is -0.338 e. The predicted octanol–water partition coefficient (Wildman–Crippen LogP) is 2.91. The van der Waals surface area contributed by atoms with E-state index in [1.807, 2.05) is 0 Å². The third-order valence-electron chi connectivity index (χ3n) is 4.08. The molecule has 0 bridgehead atoms. The summed E-state index contributed by atoms with van der Waals surface area (Å²) in [5, 5.41) is 7.61. The Balaban J connectivity index is 1.76. The maximum absolute atomic E-state index is 13.2. The molecule has 0 atom stereocenters. The standard InChI is InChI=1S/C15H14F4N4O/c16-10-1-2-12(13(9-10)15(17,18)19)14(24)22-6-3-11(4-7-22)23-8-5-20-21-23/h1-2,5,8-9,11H,3-4,6-7H2. The molecule has 1 saturated heterocycles. The Hall–Kier alpha value is -2.45. The largest absolute Gasteiger partial charge is 0.417 e. The van der Waals surface area contributed by atoms with Crippen LogP contribution in [0.3, 0.4) is 0 Å². The third kappa shape index (κ3) is 3.24. The summed E-state index contributed by atoms with van der Waals surface area (Å²) in [6.45, 7) is 0.607. The Morgan fingerprint density at radius 3 is 2.50 bits per heavy atom. The molecule has 1 aliphatic rings. The number of carbonyl (C=O) groups is 1. The SMILES string of the molecule is O=C(c1ccc(F)cc1C(F)(F)F)N1CCC(n2ccnn2)CC1. The summed E-state index contributed by atoms with van der Waals surface area (Å²) in [6, 6.07) is 2.18. The van der Waals surface area contributed by atoms with Crippen LogP contribution in [0, 0.1) is 5.82 Å². The quantitative estimate of drug-likeness (QED) is 0.789. The highest BCUT2D eigenvalue weighted by Gasteiger charge is 2.37. The van der Waals surface area contributed by atoms with Gasteiger partial charge >= 0.3 is 6.18 Å². The molecule has 1 fully saturated rings. The molecule has 9 heteroatoms. The zero-order valence-electron chi connectivity index (χ0n) is 12.5. The van der Waals surface area contributed by atoms with Crippen LogP contribution in [-0.2, 0) is 6.18 Å². The molecule has 1 aromatic heterocycles. The molecule has 24 heavy (non-hydrogen) atoms. The van der Waals surface area contributed by atoms with Crippen molar-refractivity contribution in [3.8, 4) is 0 Å². The average molecular weight is 342 g/mol. The Bertz CT molecular complexity index is 722. The highest BCUT2D eigenvalue weighted by molar-refractivity contribution is 5.96. The van der Waals surface area contributed by atoms with E-state index in [0.717, 1.165) is 12.1 Å². The monoisotopic (exact) mass is 342 g/mol. The highest BCUT2D eigenvalue weighted by Crippen LogP contribution is 2.33. The second-order valence-corrected chi connectivity index (χ2v) is 5.59. The third-order valence-corrected chi connectivity index (χ3v) is 4.08. The van der Waals surface area contributed by atoms with Crippen molar-refractivity contribution in [2.24, 2.45) is 0 Å². The predicted molar refractivity (Wildman–Crippen MR) is 75.6 cm³/mol. The molecular weight excluding hydrogens is 328 g/mol. The topological polar surface area (TPSA) is 51.0 Å². The van der Waals surface area contributed by atoms with Crippen LogP contribution in [-0.4, -0.2) is 38.9 Å². The van der Waals surface area contributed by atoms with Crippen LogP contribution in [0.15, 0.2) is 30.6 Å². The van der Waals surface area contributed by atoms with E-state index in [2.05, 4.69) is 10.3 Å². The van der Waals surface area contributed by atoms with Crippen LogP contribution in [0.1, 0.15) is 34.8 Å². The first-order chi connectivity index (χ1) is 11.4. The summed E-state index contributed by atoms with van der Waals surface area (Å²) in [4.78, 5) is 13.8. The summed E-state index contributed by atoms with van der Waals surface area (Å²) in [5.74, 6) is -1.76. The van der Waals surface area contributed by atoms with E-state index in [1.54, 1.807) is 17.1 Å². The van der Waals surface area contributed by atoms with Crippen molar-refractivity contribution >= 4 is 5.91 Å². The number of carbonyl (C=O) groups excluding carboxylic acids is 1. The van der Waals surface area contributed by atoms with Gasteiger partial charge in [-0.05, 0) is 31.0 Å². The summed E-state index contributed by atoms with van der Waals surface area (Å²) < 4.78 is 54.0. The first kappa shape index (κ1) is 16.4. The number of rotatable bonds is 2. The van der Waals surface area contributed by atoms with Crippen molar-refractivity contribution in [1.29, 1.82) is 0 Å². The number of nitrogens with zero attached hydrogens (tertiary/aromatic N) is 4. The van der Waals surface area contributed by atoms with Crippen LogP contribution in [0.2, 0.25) is 0 Å². The zero-order chi connectivity index (χ0) is 17.3. The second kappa shape index (κ2) is 6.21. The van der Waals surface area contributed by atoms with Gasteiger partial charge in [-0.15, -0.1) is 5.10 Å². The first-order valence-corrected chi connectivity index (χ1v) is 7.38. The van der Waals surface area contributed by atoms with Gasteiger partial charge in [-0.3, -0.25) is 4.79 Å². The second-order valence-electron chi connectivity index (χ2n) is 5.59. The molecule has 0 N–H and O–H groups in total. The molecule has 5 nitrogen and oxygen atoms in total. The number of piperidine rings is 1. The fraction of sp³-hybridized carbons (Fsp3) is 0.400. The Morgan fingerprint density at radius 1 is 1.21 bits per heavy atom. The minimum absolute atomic E-state index is 0.0619. The fourth-order valence-corrected chi connectivity index (χ4v) is 2.85. The van der Waals surface area contributed by atoms with Crippen molar-refractivity contribution in [2.75, 3.05) is 13.1 Å². The fourth-order valence-electron chi connectivity index (χ4n) is 2.85. The lowest BCUT2D eigenvalue weighted by molar-refractivity contribution is -0.138. The molecule has 0 unspecified atom stereocenters. The molecule has 1 aromatic carbocycles. The summed E-state index contributed by atoms with van der Waals surface area (Å²) >= 11 is 0. The van der Waals surface area contributed by atoms with Gasteiger partial charge in [-0.25, -0.2) is 9.07 Å². The smallest absolute Gasteiger partial charge is 0.338 e. The number of aromatic nitrogens is 3. The minimum atomic E-state index is -4.79. The van der Waals surface area contributed by atoms with Crippen LogP contribution < -0.4 is 0 Å². The van der Waals surface area contributed by atoms with E-state index in [0.29, 0.717) is 32.0 Å². The van der Waals surface area contributed by atoms with Gasteiger partial charge in [0.05, 0.1) is 23.4 Å². The number of hydrogen-bond donors (Lipinski definition) is 0. The van der Waals surface area contributed by atoms with Crippen LogP contribution in [0.25, 0.3) is 0 Å². The van der Waals surface area contributed by atoms with E-state index in [4.69, 9.17) is 0 Å². The first-order valence-electron chi connectivity index (χ1n) is 7.38. The number of hydrogen-bond acceptors (Lipinski definition) is 3. The normalized spacial score (nSPS) is 16.4. The lowest BCUT2D eigenvalue weighted by Crippen LogP contribution is -2.40. The van der Waals surface area contributed by atoms with Gasteiger partial charge in [0.1, 0.15) is 5.82 Å². The van der Waals surface area contributed by atoms with Gasteiger partial charge in [-0.1, -0.05) is 5.21 Å². The maximum atomic E-state index is 13.2. The molecule has 1 aliphatic heterocycles. The molecule has 0 aliphatic carbocycles. The van der Waals surface area contributed by atoms with Crippen molar-refractivity contribution in [2.45, 2.75) is 25.1 Å². The molecule has 1 amide bonds. The van der Waals surface area contributed by atoms with E-state index >= 15 is 0 Å². The summed E-state index contributed by atoms with van der Waals surface area (Å²) in [6.07, 6.45) is -0.392. The summed E-state index contributed by atoms with van der Waals surface area (Å²) in [5.41, 5.74) is -1.77. The summed E-state index contributed by atoms with van der Waals surface area (Å²) in [7, 11) is 0. The van der Waals surface area contributed by atoms with Crippen molar-refractivity contribution in [3.63, 3.8) is 0 Å². The van der Waals surface area contributed by atoms with Gasteiger partial charge in [0, 0.05) is 19.3 Å². The van der Waals surface area contributed by atoms with E-state index < -0.39 is 29.0 Å². The van der Waals surface area contributed by atoms with Crippen molar-refractivity contribution in [3.05, 3.63) is 47.5 Å². The average Bonchev–Trinajstić information content (AvgIpc) is 3.08. The number of likely N-dealkylation sites (tertiary alicyclic amines) is 1.